The fourth-order valence-corrected chi connectivity index (χ4v) is 2.86. The molecule has 2 rings (SSSR count). The Morgan fingerprint density at radius 2 is 1.55 bits per heavy atom. The van der Waals surface area contributed by atoms with Crippen LogP contribution in [0.1, 0.15) is 83.6 Å². The molecular weight excluding hydrogens is 362 g/mol. The number of nitrogens with zero attached hydrogens (tertiary/aromatic N) is 3. The number of methoxy groups -OCH3 is 1. The number of aliphatic hydroxyl groups is 1. The summed E-state index contributed by atoms with van der Waals surface area (Å²) in [5.74, 6) is 1.31. The van der Waals surface area contributed by atoms with Crippen LogP contribution >= 0.6 is 0 Å². The average molecular weight is 404 g/mol. The Bertz CT molecular complexity index is 730. The maximum atomic E-state index is 9.09. The Balaban J connectivity index is 0.00000184. The van der Waals surface area contributed by atoms with Gasteiger partial charge in [-0.1, -0.05) is 48.5 Å². The first kappa shape index (κ1) is 27.0. The Morgan fingerprint density at radius 1 is 0.931 bits per heavy atom. The van der Waals surface area contributed by atoms with Gasteiger partial charge < -0.3 is 9.84 Å². The molecule has 0 radical (unpaired) electrons. The van der Waals surface area contributed by atoms with Gasteiger partial charge in [-0.25, -0.2) is 9.97 Å². The molecule has 0 saturated carbocycles. The highest BCUT2D eigenvalue weighted by Crippen LogP contribution is 2.31. The summed E-state index contributed by atoms with van der Waals surface area (Å²) in [4.78, 5) is 14.2. The molecule has 0 aliphatic carbocycles. The molecule has 1 unspecified atom stereocenters. The van der Waals surface area contributed by atoms with Crippen molar-refractivity contribution >= 4 is 0 Å². The van der Waals surface area contributed by atoms with Crippen molar-refractivity contribution in [3.63, 3.8) is 0 Å². The van der Waals surface area contributed by atoms with Gasteiger partial charge in [-0.05, 0) is 50.7 Å². The molecule has 5 heteroatoms. The van der Waals surface area contributed by atoms with Gasteiger partial charge in [0, 0.05) is 12.3 Å². The van der Waals surface area contributed by atoms with Crippen LogP contribution < -0.4 is 4.74 Å². The molecule has 0 fully saturated rings. The number of ether oxygens (including phenoxy) is 1. The number of hydrogen-bond acceptors (Lipinski definition) is 5. The topological polar surface area (TPSA) is 68.1 Å². The monoisotopic (exact) mass is 403 g/mol. The van der Waals surface area contributed by atoms with Crippen molar-refractivity contribution in [1.82, 2.24) is 15.0 Å². The van der Waals surface area contributed by atoms with Gasteiger partial charge in [-0.2, -0.15) is 0 Å². The molecule has 0 aromatic carbocycles. The van der Waals surface area contributed by atoms with Crippen LogP contribution in [0.3, 0.4) is 0 Å². The quantitative estimate of drug-likeness (QED) is 0.623. The minimum atomic E-state index is 0.204. The molecule has 2 aromatic rings. The minimum Gasteiger partial charge on any atom is -0.480 e. The second kappa shape index (κ2) is 14.0. The summed E-state index contributed by atoms with van der Waals surface area (Å²) in [6.45, 7) is 18.5. The first-order chi connectivity index (χ1) is 13.9. The molecular formula is C24H41N3O2. The van der Waals surface area contributed by atoms with E-state index in [2.05, 4.69) is 25.8 Å². The van der Waals surface area contributed by atoms with E-state index in [4.69, 9.17) is 19.8 Å². The van der Waals surface area contributed by atoms with Crippen molar-refractivity contribution in [1.29, 1.82) is 0 Å². The molecule has 0 aliphatic heterocycles. The van der Waals surface area contributed by atoms with Gasteiger partial charge in [0.25, 0.3) is 0 Å². The summed E-state index contributed by atoms with van der Waals surface area (Å²) in [6.07, 6.45) is 1.60. The SMILES string of the molecule is CC.CC.COc1nc(C(C)C)ccc1-c1nc(C)c(CC(C)CCO)nc1C. The Morgan fingerprint density at radius 3 is 2.07 bits per heavy atom. The lowest BCUT2D eigenvalue weighted by Gasteiger charge is -2.16. The predicted octanol–water partition coefficient (Wildman–Crippen LogP) is 5.90. The zero-order valence-corrected chi connectivity index (χ0v) is 20.1. The molecule has 0 aliphatic rings. The molecule has 2 heterocycles. The van der Waals surface area contributed by atoms with Crippen LogP contribution in [0.15, 0.2) is 12.1 Å². The summed E-state index contributed by atoms with van der Waals surface area (Å²) in [7, 11) is 1.64. The van der Waals surface area contributed by atoms with Crippen molar-refractivity contribution in [3.8, 4) is 17.1 Å². The molecule has 1 atom stereocenters. The summed E-state index contributed by atoms with van der Waals surface area (Å²) in [5, 5.41) is 9.09. The van der Waals surface area contributed by atoms with Gasteiger partial charge in [-0.3, -0.25) is 4.98 Å². The van der Waals surface area contributed by atoms with E-state index < -0.39 is 0 Å². The number of aryl methyl sites for hydroxylation is 2. The van der Waals surface area contributed by atoms with E-state index in [1.54, 1.807) is 7.11 Å². The summed E-state index contributed by atoms with van der Waals surface area (Å²) < 4.78 is 5.51. The lowest BCUT2D eigenvalue weighted by atomic mass is 10.0. The number of hydrogen-bond donors (Lipinski definition) is 1. The van der Waals surface area contributed by atoms with Crippen molar-refractivity contribution < 1.29 is 9.84 Å². The third-order valence-corrected chi connectivity index (χ3v) is 4.43. The van der Waals surface area contributed by atoms with Gasteiger partial charge in [0.1, 0.15) is 0 Å². The Kier molecular flexibility index (Phi) is 13.1. The maximum Gasteiger partial charge on any atom is 0.222 e. The third-order valence-electron chi connectivity index (χ3n) is 4.43. The van der Waals surface area contributed by atoms with Crippen molar-refractivity contribution in [3.05, 3.63) is 34.9 Å². The zero-order chi connectivity index (χ0) is 22.6. The van der Waals surface area contributed by atoms with E-state index in [0.717, 1.165) is 46.9 Å². The number of pyridine rings is 1. The fourth-order valence-electron chi connectivity index (χ4n) is 2.86. The molecule has 2 aromatic heterocycles. The highest BCUT2D eigenvalue weighted by atomic mass is 16.5. The van der Waals surface area contributed by atoms with E-state index in [1.807, 2.05) is 53.7 Å². The smallest absolute Gasteiger partial charge is 0.222 e. The number of aliphatic hydroxyl groups excluding tert-OH is 1. The van der Waals surface area contributed by atoms with Gasteiger partial charge in [-0.15, -0.1) is 0 Å². The summed E-state index contributed by atoms with van der Waals surface area (Å²) in [5.41, 5.74) is 5.46. The number of aromatic nitrogens is 3. The summed E-state index contributed by atoms with van der Waals surface area (Å²) >= 11 is 0. The molecule has 0 spiro atoms. The highest BCUT2D eigenvalue weighted by Gasteiger charge is 2.17. The molecule has 0 amide bonds. The van der Waals surface area contributed by atoms with Crippen molar-refractivity contribution in [2.24, 2.45) is 5.92 Å². The van der Waals surface area contributed by atoms with Gasteiger partial charge in [0.15, 0.2) is 0 Å². The standard InChI is InChI=1S/C20H29N3O2.2C2H6/c1-12(2)17-8-7-16(20(23-17)25-6)19-15(5)21-18(14(4)22-19)11-13(3)9-10-24;2*1-2/h7-8,12-13,24H,9-11H2,1-6H3;2*1-2H3. The lowest BCUT2D eigenvalue weighted by molar-refractivity contribution is 0.261. The molecule has 5 nitrogen and oxygen atoms in total. The van der Waals surface area contributed by atoms with Crippen LogP contribution in [0, 0.1) is 19.8 Å². The third kappa shape index (κ3) is 7.73. The van der Waals surface area contributed by atoms with Crippen molar-refractivity contribution in [2.45, 2.75) is 81.1 Å². The lowest BCUT2D eigenvalue weighted by Crippen LogP contribution is -2.09. The van der Waals surface area contributed by atoms with E-state index >= 15 is 0 Å². The second-order valence-corrected chi connectivity index (χ2v) is 6.96. The Hall–Kier alpha value is -2.01. The number of rotatable bonds is 7. The van der Waals surface area contributed by atoms with Crippen LogP contribution in [0.25, 0.3) is 11.3 Å². The molecule has 29 heavy (non-hydrogen) atoms. The van der Waals surface area contributed by atoms with E-state index in [0.29, 0.717) is 17.7 Å². The molecule has 0 bridgehead atoms. The summed E-state index contributed by atoms with van der Waals surface area (Å²) in [6, 6.07) is 4.04. The zero-order valence-electron chi connectivity index (χ0n) is 20.1. The van der Waals surface area contributed by atoms with Gasteiger partial charge in [0.05, 0.1) is 35.4 Å². The fraction of sp³-hybridized carbons (Fsp3) is 0.625. The Labute approximate surface area is 178 Å². The van der Waals surface area contributed by atoms with Crippen molar-refractivity contribution in [2.75, 3.05) is 13.7 Å². The largest absolute Gasteiger partial charge is 0.480 e. The highest BCUT2D eigenvalue weighted by molar-refractivity contribution is 5.67. The molecule has 164 valence electrons. The van der Waals surface area contributed by atoms with E-state index in [1.165, 1.54) is 0 Å². The van der Waals surface area contributed by atoms with Crippen LogP contribution in [0.5, 0.6) is 5.88 Å². The normalized spacial score (nSPS) is 11.2. The average Bonchev–Trinajstić information content (AvgIpc) is 2.73. The minimum absolute atomic E-state index is 0.204. The first-order valence-corrected chi connectivity index (χ1v) is 10.9. The van der Waals surface area contributed by atoms with Gasteiger partial charge in [0.2, 0.25) is 5.88 Å². The van der Waals surface area contributed by atoms with Crippen LogP contribution in [-0.2, 0) is 6.42 Å². The maximum absolute atomic E-state index is 9.09. The predicted molar refractivity (Wildman–Crippen MR) is 123 cm³/mol. The molecule has 0 saturated heterocycles. The second-order valence-electron chi connectivity index (χ2n) is 6.96. The van der Waals surface area contributed by atoms with Gasteiger partial charge >= 0.3 is 0 Å². The van der Waals surface area contributed by atoms with E-state index in [-0.39, 0.29) is 6.61 Å². The first-order valence-electron chi connectivity index (χ1n) is 10.9. The van der Waals surface area contributed by atoms with Crippen LogP contribution in [-0.4, -0.2) is 33.8 Å². The van der Waals surface area contributed by atoms with Crippen LogP contribution in [0.4, 0.5) is 0 Å². The van der Waals surface area contributed by atoms with Crippen LogP contribution in [0.2, 0.25) is 0 Å². The molecule has 1 N–H and O–H groups in total. The van der Waals surface area contributed by atoms with E-state index in [9.17, 15) is 0 Å².